The number of thiophene rings is 1. The maximum Gasteiger partial charge on any atom is 0.0512 e. The van der Waals surface area contributed by atoms with Gasteiger partial charge in [0.25, 0.3) is 0 Å². The first kappa shape index (κ1) is 13.8. The first-order valence-corrected chi connectivity index (χ1v) is 7.20. The van der Waals surface area contributed by atoms with E-state index in [4.69, 9.17) is 29.0 Å². The number of hydrazine groups is 1. The number of benzene rings is 1. The van der Waals surface area contributed by atoms with Crippen LogP contribution in [-0.4, -0.2) is 0 Å². The summed E-state index contributed by atoms with van der Waals surface area (Å²) < 4.78 is 0. The first-order chi connectivity index (χ1) is 8.63. The zero-order valence-electron chi connectivity index (χ0n) is 9.91. The van der Waals surface area contributed by atoms with Crippen molar-refractivity contribution in [3.05, 3.63) is 55.7 Å². The van der Waals surface area contributed by atoms with Crippen LogP contribution in [0.4, 0.5) is 0 Å². The predicted molar refractivity (Wildman–Crippen MR) is 79.3 cm³/mol. The number of hydrogen-bond acceptors (Lipinski definition) is 3. The van der Waals surface area contributed by atoms with Crippen molar-refractivity contribution in [2.75, 3.05) is 0 Å². The van der Waals surface area contributed by atoms with Crippen LogP contribution in [0.3, 0.4) is 0 Å². The molecule has 1 aromatic carbocycles. The summed E-state index contributed by atoms with van der Waals surface area (Å²) >= 11 is 14.1. The molecule has 0 saturated carbocycles. The Hall–Kier alpha value is -0.580. The van der Waals surface area contributed by atoms with Crippen LogP contribution in [0.1, 0.15) is 22.0 Å². The molecule has 5 heteroatoms. The van der Waals surface area contributed by atoms with Gasteiger partial charge in [0.2, 0.25) is 0 Å². The van der Waals surface area contributed by atoms with Gasteiger partial charge >= 0.3 is 0 Å². The molecule has 2 rings (SSSR count). The molecular weight excluding hydrogens is 287 g/mol. The van der Waals surface area contributed by atoms with Crippen LogP contribution < -0.4 is 11.3 Å². The van der Waals surface area contributed by atoms with E-state index in [0.717, 1.165) is 5.56 Å². The zero-order valence-corrected chi connectivity index (χ0v) is 12.2. The number of hydrogen-bond donors (Lipinski definition) is 2. The third kappa shape index (κ3) is 2.87. The van der Waals surface area contributed by atoms with Crippen LogP contribution in [0, 0.1) is 6.92 Å². The number of rotatable bonds is 4. The zero-order chi connectivity index (χ0) is 13.1. The second-order valence-electron chi connectivity index (χ2n) is 4.06. The normalized spacial score (nSPS) is 12.7. The lowest BCUT2D eigenvalue weighted by atomic mass is 10.00. The fourth-order valence-electron chi connectivity index (χ4n) is 1.95. The second kappa shape index (κ2) is 6.04. The van der Waals surface area contributed by atoms with E-state index in [9.17, 15) is 0 Å². The number of nitrogens with two attached hydrogens (primary N) is 1. The summed E-state index contributed by atoms with van der Waals surface area (Å²) in [5.74, 6) is 5.65. The molecule has 0 bridgehead atoms. The quantitative estimate of drug-likeness (QED) is 0.659. The molecule has 0 radical (unpaired) electrons. The molecule has 0 amide bonds. The third-order valence-corrected chi connectivity index (χ3v) is 4.52. The standard InChI is InChI=1S/C13H14Cl2N2S/c1-8-9(5-6-18-8)13(17-16)7-10-11(14)3-2-4-12(10)15/h2-6,13,17H,7,16H2,1H3. The molecule has 0 spiro atoms. The topological polar surface area (TPSA) is 38.0 Å². The lowest BCUT2D eigenvalue weighted by Gasteiger charge is -2.17. The molecule has 96 valence electrons. The minimum absolute atomic E-state index is 0.0219. The Bertz CT molecular complexity index is 519. The van der Waals surface area contributed by atoms with E-state index < -0.39 is 0 Å². The minimum Gasteiger partial charge on any atom is -0.271 e. The predicted octanol–water partition coefficient (Wildman–Crippen LogP) is 4.11. The fourth-order valence-corrected chi connectivity index (χ4v) is 3.26. The Labute approximate surface area is 121 Å². The van der Waals surface area contributed by atoms with Crippen molar-refractivity contribution < 1.29 is 0 Å². The molecule has 0 fully saturated rings. The van der Waals surface area contributed by atoms with E-state index in [1.54, 1.807) is 11.3 Å². The van der Waals surface area contributed by atoms with E-state index >= 15 is 0 Å². The molecular formula is C13H14Cl2N2S. The molecule has 1 atom stereocenters. The van der Waals surface area contributed by atoms with Gasteiger partial charge in [-0.1, -0.05) is 29.3 Å². The summed E-state index contributed by atoms with van der Waals surface area (Å²) in [7, 11) is 0. The van der Waals surface area contributed by atoms with E-state index in [1.165, 1.54) is 10.4 Å². The number of halogens is 2. The summed E-state index contributed by atoms with van der Waals surface area (Å²) in [5, 5.41) is 3.41. The maximum absolute atomic E-state index is 6.18. The molecule has 0 aliphatic heterocycles. The van der Waals surface area contributed by atoms with Crippen molar-refractivity contribution in [3.8, 4) is 0 Å². The van der Waals surface area contributed by atoms with Gasteiger partial charge in [-0.05, 0) is 48.1 Å². The molecule has 18 heavy (non-hydrogen) atoms. The van der Waals surface area contributed by atoms with Gasteiger partial charge in [0.05, 0.1) is 6.04 Å². The summed E-state index contributed by atoms with van der Waals surface area (Å²) in [5.41, 5.74) is 4.96. The molecule has 0 saturated heterocycles. The molecule has 1 heterocycles. The summed E-state index contributed by atoms with van der Waals surface area (Å²) in [6, 6.07) is 7.63. The van der Waals surface area contributed by atoms with E-state index in [-0.39, 0.29) is 6.04 Å². The maximum atomic E-state index is 6.18. The highest BCUT2D eigenvalue weighted by molar-refractivity contribution is 7.10. The van der Waals surface area contributed by atoms with E-state index in [2.05, 4.69) is 23.8 Å². The SMILES string of the molecule is Cc1sccc1C(Cc1c(Cl)cccc1Cl)NN. The highest BCUT2D eigenvalue weighted by Gasteiger charge is 2.17. The van der Waals surface area contributed by atoms with Crippen LogP contribution in [0.25, 0.3) is 0 Å². The summed E-state index contributed by atoms with van der Waals surface area (Å²) in [6.07, 6.45) is 0.673. The fraction of sp³-hybridized carbons (Fsp3) is 0.231. The van der Waals surface area contributed by atoms with Crippen LogP contribution >= 0.6 is 34.5 Å². The van der Waals surface area contributed by atoms with Crippen molar-refractivity contribution in [1.29, 1.82) is 0 Å². The van der Waals surface area contributed by atoms with Gasteiger partial charge in [-0.15, -0.1) is 11.3 Å². The van der Waals surface area contributed by atoms with Gasteiger partial charge < -0.3 is 0 Å². The lowest BCUT2D eigenvalue weighted by Crippen LogP contribution is -2.29. The molecule has 0 aliphatic carbocycles. The lowest BCUT2D eigenvalue weighted by molar-refractivity contribution is 0.551. The minimum atomic E-state index is 0.0219. The molecule has 1 aromatic heterocycles. The second-order valence-corrected chi connectivity index (χ2v) is 5.99. The number of nitrogens with one attached hydrogen (secondary N) is 1. The molecule has 2 nitrogen and oxygen atoms in total. The van der Waals surface area contributed by atoms with Gasteiger partial charge in [0, 0.05) is 14.9 Å². The summed E-state index contributed by atoms with van der Waals surface area (Å²) in [6.45, 7) is 2.08. The largest absolute Gasteiger partial charge is 0.271 e. The molecule has 2 aromatic rings. The Kier molecular flexibility index (Phi) is 4.65. The third-order valence-electron chi connectivity index (χ3n) is 2.95. The van der Waals surface area contributed by atoms with Crippen molar-refractivity contribution in [2.24, 2.45) is 5.84 Å². The smallest absolute Gasteiger partial charge is 0.0512 e. The highest BCUT2D eigenvalue weighted by atomic mass is 35.5. The van der Waals surface area contributed by atoms with E-state index in [0.29, 0.717) is 16.5 Å². The van der Waals surface area contributed by atoms with Crippen molar-refractivity contribution in [1.82, 2.24) is 5.43 Å². The molecule has 3 N–H and O–H groups in total. The Morgan fingerprint density at radius 2 is 1.94 bits per heavy atom. The van der Waals surface area contributed by atoms with Crippen molar-refractivity contribution in [2.45, 2.75) is 19.4 Å². The van der Waals surface area contributed by atoms with Gasteiger partial charge in [-0.3, -0.25) is 11.3 Å². The van der Waals surface area contributed by atoms with E-state index in [1.807, 2.05) is 18.2 Å². The molecule has 1 unspecified atom stereocenters. The Balaban J connectivity index is 2.29. The van der Waals surface area contributed by atoms with Crippen molar-refractivity contribution >= 4 is 34.5 Å². The Morgan fingerprint density at radius 3 is 2.44 bits per heavy atom. The van der Waals surface area contributed by atoms with Gasteiger partial charge in [0.15, 0.2) is 0 Å². The first-order valence-electron chi connectivity index (χ1n) is 5.56. The van der Waals surface area contributed by atoms with Crippen LogP contribution in [0.15, 0.2) is 29.6 Å². The number of aryl methyl sites for hydroxylation is 1. The van der Waals surface area contributed by atoms with Crippen LogP contribution in [-0.2, 0) is 6.42 Å². The average Bonchev–Trinajstić information content (AvgIpc) is 2.76. The van der Waals surface area contributed by atoms with Crippen molar-refractivity contribution in [3.63, 3.8) is 0 Å². The Morgan fingerprint density at radius 1 is 1.28 bits per heavy atom. The highest BCUT2D eigenvalue weighted by Crippen LogP contribution is 2.31. The summed E-state index contributed by atoms with van der Waals surface area (Å²) in [4.78, 5) is 1.25. The van der Waals surface area contributed by atoms with Crippen LogP contribution in [0.5, 0.6) is 0 Å². The van der Waals surface area contributed by atoms with Gasteiger partial charge in [-0.2, -0.15) is 0 Å². The monoisotopic (exact) mass is 300 g/mol. The average molecular weight is 301 g/mol. The van der Waals surface area contributed by atoms with Crippen LogP contribution in [0.2, 0.25) is 10.0 Å². The van der Waals surface area contributed by atoms with Gasteiger partial charge in [0.1, 0.15) is 0 Å². The van der Waals surface area contributed by atoms with Gasteiger partial charge in [-0.25, -0.2) is 0 Å². The molecule has 0 aliphatic rings.